The second-order valence-corrected chi connectivity index (χ2v) is 5.36. The van der Waals surface area contributed by atoms with E-state index in [1.165, 1.54) is 12.8 Å². The second-order valence-electron chi connectivity index (χ2n) is 4.92. The van der Waals surface area contributed by atoms with Crippen LogP contribution < -0.4 is 10.6 Å². The van der Waals surface area contributed by atoms with Crippen LogP contribution in [0.4, 0.5) is 0 Å². The van der Waals surface area contributed by atoms with Crippen molar-refractivity contribution in [3.63, 3.8) is 0 Å². The summed E-state index contributed by atoms with van der Waals surface area (Å²) in [6.07, 6.45) is 6.35. The summed E-state index contributed by atoms with van der Waals surface area (Å²) < 4.78 is 1.64. The van der Waals surface area contributed by atoms with E-state index in [4.69, 9.17) is 11.6 Å². The Hall–Kier alpha value is -1.55. The van der Waals surface area contributed by atoms with E-state index in [0.717, 1.165) is 25.9 Å². The van der Waals surface area contributed by atoms with E-state index >= 15 is 0 Å². The number of rotatable bonds is 1. The molecular weight excluding hydrogens is 262 g/mol. The third-order valence-electron chi connectivity index (χ3n) is 3.59. The molecule has 2 heterocycles. The van der Waals surface area contributed by atoms with Crippen LogP contribution in [0.5, 0.6) is 0 Å². The highest BCUT2D eigenvalue weighted by atomic mass is 35.5. The van der Waals surface area contributed by atoms with Crippen LogP contribution in [0.15, 0.2) is 29.3 Å². The van der Waals surface area contributed by atoms with Gasteiger partial charge in [0.1, 0.15) is 6.33 Å². The smallest absolute Gasteiger partial charge is 0.279 e. The molecule has 1 aliphatic heterocycles. The Labute approximate surface area is 116 Å². The molecule has 0 atom stereocenters. The van der Waals surface area contributed by atoms with Gasteiger partial charge in [-0.25, -0.2) is 9.66 Å². The van der Waals surface area contributed by atoms with Gasteiger partial charge < -0.3 is 5.01 Å². The van der Waals surface area contributed by atoms with Crippen molar-refractivity contribution in [1.29, 1.82) is 0 Å². The normalized spacial score (nSPS) is 16.6. The topological polar surface area (TPSA) is 38.1 Å². The van der Waals surface area contributed by atoms with Crippen molar-refractivity contribution < 1.29 is 0 Å². The van der Waals surface area contributed by atoms with Gasteiger partial charge in [0, 0.05) is 18.1 Å². The number of hydrogen-bond acceptors (Lipinski definition) is 3. The fourth-order valence-corrected chi connectivity index (χ4v) is 2.73. The van der Waals surface area contributed by atoms with Crippen LogP contribution in [0.3, 0.4) is 0 Å². The molecule has 1 aromatic heterocycles. The van der Waals surface area contributed by atoms with Crippen molar-refractivity contribution in [2.75, 3.05) is 18.1 Å². The lowest BCUT2D eigenvalue weighted by Crippen LogP contribution is -2.42. The van der Waals surface area contributed by atoms with Gasteiger partial charge in [-0.15, -0.1) is 0 Å². The Bertz CT molecular complexity index is 645. The molecule has 0 aliphatic carbocycles. The van der Waals surface area contributed by atoms with Crippen LogP contribution in [0, 0.1) is 0 Å². The first-order chi connectivity index (χ1) is 9.25. The first-order valence-electron chi connectivity index (χ1n) is 6.68. The Morgan fingerprint density at radius 3 is 2.58 bits per heavy atom. The Balaban J connectivity index is 2.08. The summed E-state index contributed by atoms with van der Waals surface area (Å²) in [6, 6.07) is 5.24. The highest BCUT2D eigenvalue weighted by molar-refractivity contribution is 6.31. The number of hydrogen-bond donors (Lipinski definition) is 0. The molecule has 19 heavy (non-hydrogen) atoms. The molecule has 0 bridgehead atoms. The lowest BCUT2D eigenvalue weighted by atomic mass is 10.2. The minimum Gasteiger partial charge on any atom is -0.309 e. The maximum absolute atomic E-state index is 12.5. The molecule has 1 aromatic carbocycles. The number of aromatic nitrogens is 2. The van der Waals surface area contributed by atoms with Crippen LogP contribution in [0.2, 0.25) is 5.02 Å². The summed E-state index contributed by atoms with van der Waals surface area (Å²) in [6.45, 7) is 1.82. The summed E-state index contributed by atoms with van der Waals surface area (Å²) in [5, 5.41) is 3.24. The van der Waals surface area contributed by atoms with Crippen LogP contribution >= 0.6 is 11.6 Å². The van der Waals surface area contributed by atoms with Gasteiger partial charge in [-0.2, -0.15) is 0 Å². The van der Waals surface area contributed by atoms with Crippen molar-refractivity contribution >= 4 is 22.5 Å². The second kappa shape index (κ2) is 5.21. The molecule has 2 aromatic rings. The average molecular weight is 278 g/mol. The summed E-state index contributed by atoms with van der Waals surface area (Å²) in [4.78, 5) is 16.9. The monoisotopic (exact) mass is 277 g/mol. The molecule has 3 rings (SSSR count). The molecule has 0 saturated carbocycles. The minimum absolute atomic E-state index is 0.0330. The van der Waals surface area contributed by atoms with Crippen LogP contribution in [-0.4, -0.2) is 22.7 Å². The van der Waals surface area contributed by atoms with E-state index in [2.05, 4.69) is 9.99 Å². The zero-order valence-electron chi connectivity index (χ0n) is 10.7. The van der Waals surface area contributed by atoms with Gasteiger partial charge in [-0.05, 0) is 31.0 Å². The van der Waals surface area contributed by atoms with Crippen LogP contribution in [0.25, 0.3) is 10.9 Å². The lowest BCUT2D eigenvalue weighted by molar-refractivity contribution is 0.569. The predicted molar refractivity (Wildman–Crippen MR) is 77.4 cm³/mol. The van der Waals surface area contributed by atoms with E-state index in [-0.39, 0.29) is 5.56 Å². The maximum atomic E-state index is 12.5. The van der Waals surface area contributed by atoms with Gasteiger partial charge in [0.25, 0.3) is 5.56 Å². The van der Waals surface area contributed by atoms with E-state index < -0.39 is 0 Å². The van der Waals surface area contributed by atoms with Gasteiger partial charge in [0.2, 0.25) is 0 Å². The van der Waals surface area contributed by atoms with E-state index in [1.54, 1.807) is 29.2 Å². The van der Waals surface area contributed by atoms with Crippen molar-refractivity contribution in [1.82, 2.24) is 9.66 Å². The molecule has 0 unspecified atom stereocenters. The standard InChI is InChI=1S/C14H16ClN3O/c15-11-5-6-13-12(9-11)14(19)18(10-16-13)17-7-3-1-2-4-8-17/h5-6,9-10H,1-4,7-8H2. The number of fused-ring (bicyclic) bond motifs is 1. The van der Waals surface area contributed by atoms with Gasteiger partial charge in [0.05, 0.1) is 10.9 Å². The molecule has 4 nitrogen and oxygen atoms in total. The molecule has 0 radical (unpaired) electrons. The summed E-state index contributed by atoms with van der Waals surface area (Å²) in [5.74, 6) is 0. The van der Waals surface area contributed by atoms with E-state index in [9.17, 15) is 4.79 Å². The fourth-order valence-electron chi connectivity index (χ4n) is 2.56. The molecule has 0 spiro atoms. The molecule has 0 amide bonds. The molecule has 1 saturated heterocycles. The van der Waals surface area contributed by atoms with Crippen LogP contribution in [0.1, 0.15) is 25.7 Å². The SMILES string of the molecule is O=c1c2cc(Cl)ccc2ncn1N1CCCCCC1. The highest BCUT2D eigenvalue weighted by Crippen LogP contribution is 2.14. The number of benzene rings is 1. The molecular formula is C14H16ClN3O. The highest BCUT2D eigenvalue weighted by Gasteiger charge is 2.13. The van der Waals surface area contributed by atoms with Gasteiger partial charge in [-0.3, -0.25) is 4.79 Å². The largest absolute Gasteiger partial charge is 0.309 e. The quantitative estimate of drug-likeness (QED) is 0.804. The lowest BCUT2D eigenvalue weighted by Gasteiger charge is -2.24. The Morgan fingerprint density at radius 2 is 1.84 bits per heavy atom. The first kappa shape index (κ1) is 12.5. The van der Waals surface area contributed by atoms with Gasteiger partial charge in [-0.1, -0.05) is 24.4 Å². The summed E-state index contributed by atoms with van der Waals surface area (Å²) >= 11 is 5.97. The first-order valence-corrected chi connectivity index (χ1v) is 7.06. The Kier molecular flexibility index (Phi) is 3.42. The predicted octanol–water partition coefficient (Wildman–Crippen LogP) is 2.56. The third-order valence-corrected chi connectivity index (χ3v) is 3.83. The number of halogens is 1. The van der Waals surface area contributed by atoms with Crippen molar-refractivity contribution in [3.05, 3.63) is 39.9 Å². The van der Waals surface area contributed by atoms with Crippen molar-refractivity contribution in [2.24, 2.45) is 0 Å². The summed E-state index contributed by atoms with van der Waals surface area (Å²) in [5.41, 5.74) is 0.662. The fraction of sp³-hybridized carbons (Fsp3) is 0.429. The molecule has 100 valence electrons. The van der Waals surface area contributed by atoms with Crippen LogP contribution in [-0.2, 0) is 0 Å². The summed E-state index contributed by atoms with van der Waals surface area (Å²) in [7, 11) is 0. The molecule has 0 N–H and O–H groups in total. The zero-order chi connectivity index (χ0) is 13.2. The zero-order valence-corrected chi connectivity index (χ0v) is 11.4. The minimum atomic E-state index is -0.0330. The van der Waals surface area contributed by atoms with Crippen molar-refractivity contribution in [2.45, 2.75) is 25.7 Å². The average Bonchev–Trinajstić information content (AvgIpc) is 2.69. The van der Waals surface area contributed by atoms with Gasteiger partial charge >= 0.3 is 0 Å². The Morgan fingerprint density at radius 1 is 1.11 bits per heavy atom. The molecule has 1 aliphatic rings. The van der Waals surface area contributed by atoms with Crippen molar-refractivity contribution in [3.8, 4) is 0 Å². The van der Waals surface area contributed by atoms with E-state index in [0.29, 0.717) is 15.9 Å². The van der Waals surface area contributed by atoms with E-state index in [1.807, 2.05) is 0 Å². The van der Waals surface area contributed by atoms with Gasteiger partial charge in [0.15, 0.2) is 0 Å². The molecule has 1 fully saturated rings. The maximum Gasteiger partial charge on any atom is 0.279 e. The number of nitrogens with zero attached hydrogens (tertiary/aromatic N) is 3. The molecule has 5 heteroatoms. The third kappa shape index (κ3) is 2.45.